The molecule has 4 rings (SSSR count). The molecule has 0 atom stereocenters. The van der Waals surface area contributed by atoms with Gasteiger partial charge in [-0.1, -0.05) is 13.8 Å². The summed E-state index contributed by atoms with van der Waals surface area (Å²) in [5.41, 5.74) is 0.365. The highest BCUT2D eigenvalue weighted by Crippen LogP contribution is 2.48. The Labute approximate surface area is 167 Å². The Bertz CT molecular complexity index is 946. The van der Waals surface area contributed by atoms with E-state index in [0.29, 0.717) is 29.3 Å². The van der Waals surface area contributed by atoms with Crippen molar-refractivity contribution in [2.24, 2.45) is 11.3 Å². The number of nitrogens with zero attached hydrogens (tertiary/aromatic N) is 2. The molecule has 2 aliphatic rings. The van der Waals surface area contributed by atoms with E-state index in [1.165, 1.54) is 6.07 Å². The highest BCUT2D eigenvalue weighted by Gasteiger charge is 2.40. The lowest BCUT2D eigenvalue weighted by Crippen LogP contribution is -2.38. The minimum Gasteiger partial charge on any atom is -0.432 e. The highest BCUT2D eigenvalue weighted by atomic mass is 19.3. The summed E-state index contributed by atoms with van der Waals surface area (Å²) >= 11 is 0. The fourth-order valence-electron chi connectivity index (χ4n) is 4.40. The Morgan fingerprint density at radius 2 is 2.07 bits per heavy atom. The maximum Gasteiger partial charge on any atom is 0.387 e. The number of ether oxygens (including phenoxy) is 1. The van der Waals surface area contributed by atoms with Gasteiger partial charge in [-0.15, -0.1) is 0 Å². The summed E-state index contributed by atoms with van der Waals surface area (Å²) in [5.74, 6) is -0.698. The van der Waals surface area contributed by atoms with Crippen LogP contribution in [0.4, 0.5) is 19.1 Å². The maximum absolute atomic E-state index is 14.2. The number of alkyl halides is 2. The molecular formula is C21H26F3N3O2. The SMILES string of the molecule is CC(C)(CC(=O)Nc1nc2cc(F)c(OC(F)F)cc2n1C1(C)CCC1)C1CC1. The van der Waals surface area contributed by atoms with Crippen LogP contribution in [0.1, 0.15) is 59.3 Å². The van der Waals surface area contributed by atoms with Gasteiger partial charge in [0, 0.05) is 24.1 Å². The van der Waals surface area contributed by atoms with E-state index in [9.17, 15) is 18.0 Å². The molecule has 1 aromatic carbocycles. The molecule has 1 amide bonds. The van der Waals surface area contributed by atoms with Gasteiger partial charge >= 0.3 is 6.61 Å². The van der Waals surface area contributed by atoms with Gasteiger partial charge in [0.05, 0.1) is 11.0 Å². The first-order valence-corrected chi connectivity index (χ1v) is 10.1. The normalized spacial score (nSPS) is 18.7. The Morgan fingerprint density at radius 1 is 1.38 bits per heavy atom. The second-order valence-corrected chi connectivity index (χ2v) is 9.26. The number of halogens is 3. The monoisotopic (exact) mass is 409 g/mol. The summed E-state index contributed by atoms with van der Waals surface area (Å²) in [5, 5.41) is 2.89. The summed E-state index contributed by atoms with van der Waals surface area (Å²) in [6.45, 7) is 3.08. The van der Waals surface area contributed by atoms with Gasteiger partial charge in [-0.3, -0.25) is 10.1 Å². The molecule has 1 aromatic heterocycles. The number of carbonyl (C=O) groups excluding carboxylic acids is 1. The lowest BCUT2D eigenvalue weighted by atomic mass is 9.78. The van der Waals surface area contributed by atoms with Gasteiger partial charge in [0.2, 0.25) is 11.9 Å². The molecule has 8 heteroatoms. The number of amides is 1. The molecule has 2 fully saturated rings. The second-order valence-electron chi connectivity index (χ2n) is 9.26. The number of imidazole rings is 1. The van der Waals surface area contributed by atoms with E-state index in [0.717, 1.165) is 38.2 Å². The van der Waals surface area contributed by atoms with Crippen molar-refractivity contribution in [3.8, 4) is 5.75 Å². The first-order chi connectivity index (χ1) is 13.6. The molecule has 0 unspecified atom stereocenters. The first kappa shape index (κ1) is 20.0. The summed E-state index contributed by atoms with van der Waals surface area (Å²) < 4.78 is 45.7. The van der Waals surface area contributed by atoms with Crippen LogP contribution in [0.5, 0.6) is 5.75 Å². The number of anilines is 1. The number of fused-ring (bicyclic) bond motifs is 1. The molecule has 1 heterocycles. The van der Waals surface area contributed by atoms with E-state index >= 15 is 0 Å². The van der Waals surface area contributed by atoms with Crippen LogP contribution in [0.25, 0.3) is 11.0 Å². The zero-order valence-electron chi connectivity index (χ0n) is 16.9. The largest absolute Gasteiger partial charge is 0.432 e. The van der Waals surface area contributed by atoms with Crippen molar-refractivity contribution in [1.29, 1.82) is 0 Å². The molecule has 29 heavy (non-hydrogen) atoms. The van der Waals surface area contributed by atoms with Crippen LogP contribution in [0, 0.1) is 17.2 Å². The topological polar surface area (TPSA) is 56.1 Å². The van der Waals surface area contributed by atoms with Crippen LogP contribution in [0.3, 0.4) is 0 Å². The highest BCUT2D eigenvalue weighted by molar-refractivity contribution is 5.92. The second kappa shape index (κ2) is 6.92. The number of nitrogens with one attached hydrogen (secondary N) is 1. The van der Waals surface area contributed by atoms with Crippen molar-refractivity contribution in [1.82, 2.24) is 9.55 Å². The average Bonchev–Trinajstić information content (AvgIpc) is 3.37. The predicted octanol–water partition coefficient (Wildman–Crippen LogP) is 5.44. The van der Waals surface area contributed by atoms with Crippen molar-refractivity contribution in [3.05, 3.63) is 17.9 Å². The third kappa shape index (κ3) is 3.81. The number of rotatable bonds is 7. The fraction of sp³-hybridized carbons (Fsp3) is 0.619. The van der Waals surface area contributed by atoms with Crippen molar-refractivity contribution in [2.75, 3.05) is 5.32 Å². The van der Waals surface area contributed by atoms with Crippen LogP contribution in [-0.4, -0.2) is 22.1 Å². The molecule has 0 spiro atoms. The van der Waals surface area contributed by atoms with Crippen LogP contribution in [0.15, 0.2) is 12.1 Å². The average molecular weight is 409 g/mol. The van der Waals surface area contributed by atoms with Crippen LogP contribution < -0.4 is 10.1 Å². The summed E-state index contributed by atoms with van der Waals surface area (Å²) in [4.78, 5) is 17.2. The van der Waals surface area contributed by atoms with E-state index < -0.39 is 18.2 Å². The smallest absolute Gasteiger partial charge is 0.387 e. The Balaban J connectivity index is 1.70. The van der Waals surface area contributed by atoms with Gasteiger partial charge in [-0.25, -0.2) is 9.37 Å². The number of hydrogen-bond acceptors (Lipinski definition) is 3. The van der Waals surface area contributed by atoms with Crippen LogP contribution in [0.2, 0.25) is 0 Å². The van der Waals surface area contributed by atoms with Crippen molar-refractivity contribution < 1.29 is 22.7 Å². The van der Waals surface area contributed by atoms with E-state index in [1.807, 2.05) is 11.5 Å². The summed E-state index contributed by atoms with van der Waals surface area (Å²) in [6.07, 6.45) is 5.38. The van der Waals surface area contributed by atoms with Crippen molar-refractivity contribution in [3.63, 3.8) is 0 Å². The molecule has 1 N–H and O–H groups in total. The molecular weight excluding hydrogens is 383 g/mol. The molecule has 158 valence electrons. The molecule has 2 saturated carbocycles. The molecule has 0 radical (unpaired) electrons. The zero-order valence-corrected chi connectivity index (χ0v) is 16.9. The van der Waals surface area contributed by atoms with Crippen LogP contribution in [-0.2, 0) is 10.3 Å². The minimum absolute atomic E-state index is 0.0916. The Hall–Kier alpha value is -2.25. The zero-order chi connectivity index (χ0) is 21.0. The van der Waals surface area contributed by atoms with Gasteiger partial charge in [0.1, 0.15) is 0 Å². The van der Waals surface area contributed by atoms with Crippen molar-refractivity contribution in [2.45, 2.75) is 71.4 Å². The molecule has 5 nitrogen and oxygen atoms in total. The first-order valence-electron chi connectivity index (χ1n) is 10.1. The van der Waals surface area contributed by atoms with E-state index in [1.54, 1.807) is 0 Å². The van der Waals surface area contributed by atoms with E-state index in [2.05, 4.69) is 28.9 Å². The molecule has 2 aliphatic carbocycles. The minimum atomic E-state index is -3.12. The van der Waals surface area contributed by atoms with Gasteiger partial charge in [-0.05, 0) is 50.4 Å². The van der Waals surface area contributed by atoms with E-state index in [-0.39, 0.29) is 16.9 Å². The number of benzene rings is 1. The number of carbonyl (C=O) groups is 1. The summed E-state index contributed by atoms with van der Waals surface area (Å²) in [7, 11) is 0. The number of aromatic nitrogens is 2. The predicted molar refractivity (Wildman–Crippen MR) is 104 cm³/mol. The molecule has 0 bridgehead atoms. The van der Waals surface area contributed by atoms with Gasteiger partial charge in [0.15, 0.2) is 11.6 Å². The summed E-state index contributed by atoms with van der Waals surface area (Å²) in [6, 6.07) is 2.33. The van der Waals surface area contributed by atoms with Gasteiger partial charge in [-0.2, -0.15) is 8.78 Å². The van der Waals surface area contributed by atoms with E-state index in [4.69, 9.17) is 0 Å². The maximum atomic E-state index is 14.2. The third-order valence-corrected chi connectivity index (χ3v) is 6.44. The molecule has 2 aromatic rings. The molecule has 0 saturated heterocycles. The lowest BCUT2D eigenvalue weighted by Gasteiger charge is -2.41. The van der Waals surface area contributed by atoms with Gasteiger partial charge < -0.3 is 9.30 Å². The molecule has 0 aliphatic heterocycles. The lowest BCUT2D eigenvalue weighted by molar-refractivity contribution is -0.118. The Kier molecular flexibility index (Phi) is 4.78. The Morgan fingerprint density at radius 3 is 2.62 bits per heavy atom. The number of hydrogen-bond donors (Lipinski definition) is 1. The quantitative estimate of drug-likeness (QED) is 0.662. The van der Waals surface area contributed by atoms with Crippen LogP contribution >= 0.6 is 0 Å². The van der Waals surface area contributed by atoms with Crippen molar-refractivity contribution >= 4 is 22.9 Å². The third-order valence-electron chi connectivity index (χ3n) is 6.44. The van der Waals surface area contributed by atoms with Gasteiger partial charge in [0.25, 0.3) is 0 Å². The fourth-order valence-corrected chi connectivity index (χ4v) is 4.40. The standard InChI is InChI=1S/C21H26F3N3O2/c1-20(2,12-5-6-12)11-17(28)26-19-25-14-9-13(22)16(29-18(23)24)10-15(14)27(19)21(3)7-4-8-21/h9-10,12,18H,4-8,11H2,1-3H3,(H,25,26,28).